The number of ether oxygens (including phenoxy) is 2. The molecule has 104 valence electrons. The highest BCUT2D eigenvalue weighted by Gasteiger charge is 2.35. The van der Waals surface area contributed by atoms with Gasteiger partial charge in [-0.1, -0.05) is 25.7 Å². The zero-order valence-electron chi connectivity index (χ0n) is 12.0. The van der Waals surface area contributed by atoms with Crippen molar-refractivity contribution in [1.29, 1.82) is 0 Å². The van der Waals surface area contributed by atoms with Crippen LogP contribution in [-0.4, -0.2) is 24.9 Å². The predicted molar refractivity (Wildman–Crippen MR) is 75.0 cm³/mol. The summed E-state index contributed by atoms with van der Waals surface area (Å²) in [7, 11) is -1.47. The van der Waals surface area contributed by atoms with Crippen LogP contribution in [0.5, 0.6) is 5.75 Å². The number of carbonyl (C=O) groups excluding carboxylic acids is 1. The third-order valence-electron chi connectivity index (χ3n) is 3.62. The molecule has 1 aliphatic rings. The smallest absolute Gasteiger partial charge is 0.345 e. The number of aliphatic hydroxyl groups is 1. The third-order valence-corrected chi connectivity index (χ3v) is 6.18. The van der Waals surface area contributed by atoms with Crippen LogP contribution in [0, 0.1) is 6.92 Å². The Morgan fingerprint density at radius 3 is 2.58 bits per heavy atom. The molecule has 5 heteroatoms. The molecule has 0 saturated carbocycles. The molecule has 4 nitrogen and oxygen atoms in total. The van der Waals surface area contributed by atoms with Gasteiger partial charge < -0.3 is 14.6 Å². The standard InChI is InChI=1S/C14H20O4Si/c1-8-6-7-10(17-9(2)19(3,4)5)12-11(8)13(15)18-14(12)16/h6-7,9,13,15H,1-5H3. The van der Waals surface area contributed by atoms with Crippen LogP contribution in [0.3, 0.4) is 0 Å². The van der Waals surface area contributed by atoms with Gasteiger partial charge in [0.05, 0.1) is 13.8 Å². The van der Waals surface area contributed by atoms with Gasteiger partial charge >= 0.3 is 5.97 Å². The molecule has 0 aromatic heterocycles. The molecule has 1 N–H and O–H groups in total. The molecule has 0 amide bonds. The number of benzene rings is 1. The van der Waals surface area contributed by atoms with Crippen LogP contribution in [0.4, 0.5) is 0 Å². The Hall–Kier alpha value is -1.33. The van der Waals surface area contributed by atoms with E-state index in [1.807, 2.05) is 19.9 Å². The second-order valence-electron chi connectivity index (χ2n) is 6.05. The van der Waals surface area contributed by atoms with Gasteiger partial charge in [0, 0.05) is 5.56 Å². The number of aryl methyl sites for hydroxylation is 1. The van der Waals surface area contributed by atoms with Crippen molar-refractivity contribution in [2.75, 3.05) is 0 Å². The van der Waals surface area contributed by atoms with E-state index in [0.717, 1.165) is 5.56 Å². The van der Waals surface area contributed by atoms with Gasteiger partial charge in [-0.05, 0) is 25.5 Å². The van der Waals surface area contributed by atoms with Gasteiger partial charge in [-0.15, -0.1) is 0 Å². The van der Waals surface area contributed by atoms with Crippen molar-refractivity contribution in [2.24, 2.45) is 0 Å². The fourth-order valence-corrected chi connectivity index (χ4v) is 2.40. The minimum Gasteiger partial charge on any atom is -0.494 e. The Morgan fingerprint density at radius 1 is 1.37 bits per heavy atom. The van der Waals surface area contributed by atoms with E-state index in [9.17, 15) is 9.90 Å². The fraction of sp³-hybridized carbons (Fsp3) is 0.500. The van der Waals surface area contributed by atoms with E-state index in [4.69, 9.17) is 9.47 Å². The summed E-state index contributed by atoms with van der Waals surface area (Å²) in [4.78, 5) is 11.8. The molecule has 2 unspecified atom stereocenters. The minimum absolute atomic E-state index is 0.0739. The summed E-state index contributed by atoms with van der Waals surface area (Å²) < 4.78 is 10.8. The molecule has 1 aromatic carbocycles. The monoisotopic (exact) mass is 280 g/mol. The van der Waals surface area contributed by atoms with Crippen LogP contribution in [0.2, 0.25) is 19.6 Å². The van der Waals surface area contributed by atoms with Crippen molar-refractivity contribution < 1.29 is 19.4 Å². The molecular weight excluding hydrogens is 260 g/mol. The molecule has 0 fully saturated rings. The van der Waals surface area contributed by atoms with Gasteiger partial charge in [0.15, 0.2) is 0 Å². The van der Waals surface area contributed by atoms with Crippen molar-refractivity contribution in [3.05, 3.63) is 28.8 Å². The molecule has 0 radical (unpaired) electrons. The van der Waals surface area contributed by atoms with Gasteiger partial charge in [-0.3, -0.25) is 0 Å². The van der Waals surface area contributed by atoms with E-state index in [2.05, 4.69) is 19.6 Å². The quantitative estimate of drug-likeness (QED) is 0.683. The number of aliphatic hydroxyl groups excluding tert-OH is 1. The Labute approximate surface area is 114 Å². The summed E-state index contributed by atoms with van der Waals surface area (Å²) in [6.45, 7) is 10.5. The van der Waals surface area contributed by atoms with E-state index < -0.39 is 20.3 Å². The molecule has 19 heavy (non-hydrogen) atoms. The summed E-state index contributed by atoms with van der Waals surface area (Å²) in [5, 5.41) is 9.76. The highest BCUT2D eigenvalue weighted by atomic mass is 28.3. The lowest BCUT2D eigenvalue weighted by Gasteiger charge is -2.26. The maximum absolute atomic E-state index is 11.8. The fourth-order valence-electron chi connectivity index (χ4n) is 1.92. The molecule has 1 aliphatic heterocycles. The van der Waals surface area contributed by atoms with E-state index in [-0.39, 0.29) is 5.73 Å². The lowest BCUT2D eigenvalue weighted by atomic mass is 10.0. The molecule has 0 aliphatic carbocycles. The molecule has 0 saturated heterocycles. The normalized spacial score (nSPS) is 19.9. The topological polar surface area (TPSA) is 55.8 Å². The Kier molecular flexibility index (Phi) is 3.45. The van der Waals surface area contributed by atoms with Gasteiger partial charge in [-0.25, -0.2) is 4.79 Å². The summed E-state index contributed by atoms with van der Waals surface area (Å²) in [5.41, 5.74) is 1.81. The van der Waals surface area contributed by atoms with Crippen LogP contribution in [0.25, 0.3) is 0 Å². The highest BCUT2D eigenvalue weighted by Crippen LogP contribution is 2.38. The summed E-state index contributed by atoms with van der Waals surface area (Å²) in [5.74, 6) is 0.000973. The maximum Gasteiger partial charge on any atom is 0.345 e. The molecule has 1 aromatic rings. The van der Waals surface area contributed by atoms with Crippen LogP contribution >= 0.6 is 0 Å². The average molecular weight is 280 g/mol. The Morgan fingerprint density at radius 2 is 2.00 bits per heavy atom. The van der Waals surface area contributed by atoms with Crippen molar-refractivity contribution in [2.45, 2.75) is 45.5 Å². The number of esters is 1. The SMILES string of the molecule is Cc1ccc(OC(C)[Si](C)(C)C)c2c1C(O)OC2=O. The van der Waals surface area contributed by atoms with Crippen LogP contribution in [-0.2, 0) is 4.74 Å². The second kappa shape index (κ2) is 4.65. The summed E-state index contributed by atoms with van der Waals surface area (Å²) >= 11 is 0. The number of carbonyl (C=O) groups is 1. The predicted octanol–water partition coefficient (Wildman–Crippen LogP) is 2.80. The van der Waals surface area contributed by atoms with Crippen LogP contribution in [0.1, 0.15) is 34.7 Å². The van der Waals surface area contributed by atoms with E-state index in [0.29, 0.717) is 16.9 Å². The van der Waals surface area contributed by atoms with E-state index in [1.165, 1.54) is 0 Å². The van der Waals surface area contributed by atoms with E-state index >= 15 is 0 Å². The van der Waals surface area contributed by atoms with Crippen molar-refractivity contribution >= 4 is 14.0 Å². The molecule has 2 atom stereocenters. The Bertz CT molecular complexity index is 519. The molecule has 1 heterocycles. The first-order chi connectivity index (χ1) is 8.71. The lowest BCUT2D eigenvalue weighted by molar-refractivity contribution is -0.0550. The molecular formula is C14H20O4Si. The highest BCUT2D eigenvalue weighted by molar-refractivity contribution is 6.77. The van der Waals surface area contributed by atoms with Crippen LogP contribution in [0.15, 0.2) is 12.1 Å². The molecule has 2 rings (SSSR count). The summed E-state index contributed by atoms with van der Waals surface area (Å²) in [6, 6.07) is 3.63. The molecule has 0 spiro atoms. The third kappa shape index (κ3) is 2.53. The van der Waals surface area contributed by atoms with Gasteiger partial charge in [0.2, 0.25) is 6.29 Å². The maximum atomic E-state index is 11.8. The van der Waals surface area contributed by atoms with Crippen molar-refractivity contribution in [1.82, 2.24) is 0 Å². The van der Waals surface area contributed by atoms with Gasteiger partial charge in [-0.2, -0.15) is 0 Å². The number of fused-ring (bicyclic) bond motifs is 1. The van der Waals surface area contributed by atoms with Gasteiger partial charge in [0.1, 0.15) is 11.3 Å². The first-order valence-corrected chi connectivity index (χ1v) is 9.98. The number of cyclic esters (lactones) is 1. The number of hydrogen-bond acceptors (Lipinski definition) is 4. The van der Waals surface area contributed by atoms with Crippen molar-refractivity contribution in [3.8, 4) is 5.75 Å². The van der Waals surface area contributed by atoms with Crippen LogP contribution < -0.4 is 4.74 Å². The van der Waals surface area contributed by atoms with Gasteiger partial charge in [0.25, 0.3) is 0 Å². The largest absolute Gasteiger partial charge is 0.494 e. The number of hydrogen-bond donors (Lipinski definition) is 1. The number of rotatable bonds is 3. The Balaban J connectivity index is 2.42. The summed E-state index contributed by atoms with van der Waals surface area (Å²) in [6.07, 6.45) is -1.17. The first kappa shape index (κ1) is 14.1. The lowest BCUT2D eigenvalue weighted by Crippen LogP contribution is -2.40. The first-order valence-electron chi connectivity index (χ1n) is 6.41. The average Bonchev–Trinajstić information content (AvgIpc) is 2.58. The zero-order valence-corrected chi connectivity index (χ0v) is 13.0. The van der Waals surface area contributed by atoms with E-state index in [1.54, 1.807) is 6.07 Å². The van der Waals surface area contributed by atoms with Crippen molar-refractivity contribution in [3.63, 3.8) is 0 Å². The molecule has 0 bridgehead atoms. The minimum atomic E-state index is -1.47. The zero-order chi connectivity index (χ0) is 14.4. The second-order valence-corrected chi connectivity index (χ2v) is 11.6.